The van der Waals surface area contributed by atoms with E-state index in [1.165, 1.54) is 29.5 Å². The number of ether oxygens (including phenoxy) is 1. The van der Waals surface area contributed by atoms with E-state index in [4.69, 9.17) is 4.74 Å². The Bertz CT molecular complexity index is 902. The van der Waals surface area contributed by atoms with Crippen molar-refractivity contribution >= 4 is 33.9 Å². The van der Waals surface area contributed by atoms with Crippen LogP contribution in [0.15, 0.2) is 18.2 Å². The van der Waals surface area contributed by atoms with Gasteiger partial charge in [0.05, 0.1) is 16.6 Å². The Hall–Kier alpha value is -2.74. The molecule has 0 fully saturated rings. The summed E-state index contributed by atoms with van der Waals surface area (Å²) in [5.41, 5.74) is 1.68. The van der Waals surface area contributed by atoms with Crippen LogP contribution in [0, 0.1) is 24.0 Å². The highest BCUT2D eigenvalue weighted by Gasteiger charge is 2.25. The zero-order valence-electron chi connectivity index (χ0n) is 15.9. The topological polar surface area (TPSA) is 98.5 Å². The van der Waals surface area contributed by atoms with Gasteiger partial charge in [-0.25, -0.2) is 4.79 Å². The second-order valence-corrected chi connectivity index (χ2v) is 7.59. The number of carbonyl (C=O) groups excluding carboxylic acids is 2. The molecule has 0 unspecified atom stereocenters. The highest BCUT2D eigenvalue weighted by Crippen LogP contribution is 2.34. The highest BCUT2D eigenvalue weighted by atomic mass is 32.1. The first kappa shape index (κ1) is 20.6. The van der Waals surface area contributed by atoms with Crippen molar-refractivity contribution in [3.63, 3.8) is 0 Å². The maximum absolute atomic E-state index is 12.6. The van der Waals surface area contributed by atoms with Crippen molar-refractivity contribution in [2.75, 3.05) is 5.32 Å². The molecule has 1 aromatic heterocycles. The molecule has 1 amide bonds. The number of nitrogens with zero attached hydrogens (tertiary/aromatic N) is 1. The monoisotopic (exact) mass is 390 g/mol. The Kier molecular flexibility index (Phi) is 6.32. The minimum Gasteiger partial charge on any atom is -0.459 e. The van der Waals surface area contributed by atoms with Crippen LogP contribution < -0.4 is 5.32 Å². The van der Waals surface area contributed by atoms with Crippen molar-refractivity contribution in [2.24, 2.45) is 0 Å². The van der Waals surface area contributed by atoms with Gasteiger partial charge in [-0.05, 0) is 45.7 Å². The Labute approximate surface area is 161 Å². The van der Waals surface area contributed by atoms with Gasteiger partial charge >= 0.3 is 5.97 Å². The van der Waals surface area contributed by atoms with Crippen LogP contribution in [0.4, 0.5) is 10.7 Å². The van der Waals surface area contributed by atoms with Crippen LogP contribution >= 0.6 is 11.3 Å². The van der Waals surface area contributed by atoms with Gasteiger partial charge in [0.1, 0.15) is 5.00 Å². The van der Waals surface area contributed by atoms with Crippen LogP contribution in [-0.2, 0) is 11.2 Å². The van der Waals surface area contributed by atoms with E-state index in [-0.39, 0.29) is 17.4 Å². The number of anilines is 1. The SMILES string of the molecule is CCc1c(C)sc(NC(=O)c2ccc(C)c([N+](=O)[O-])c2)c1C(=O)OC(C)C. The summed E-state index contributed by atoms with van der Waals surface area (Å²) in [5, 5.41) is 14.2. The summed E-state index contributed by atoms with van der Waals surface area (Å²) in [6.07, 6.45) is 0.335. The van der Waals surface area contributed by atoms with Gasteiger partial charge in [0.25, 0.3) is 11.6 Å². The van der Waals surface area contributed by atoms with E-state index in [1.54, 1.807) is 20.8 Å². The molecular formula is C19H22N2O5S. The van der Waals surface area contributed by atoms with Crippen molar-refractivity contribution in [3.8, 4) is 0 Å². The zero-order valence-corrected chi connectivity index (χ0v) is 16.7. The predicted octanol–water partition coefficient (Wildman–Crippen LogP) is 4.65. The Morgan fingerprint density at radius 1 is 1.30 bits per heavy atom. The molecule has 0 radical (unpaired) electrons. The average Bonchev–Trinajstić information content (AvgIpc) is 2.89. The van der Waals surface area contributed by atoms with E-state index < -0.39 is 16.8 Å². The van der Waals surface area contributed by atoms with Gasteiger partial charge in [0.15, 0.2) is 0 Å². The van der Waals surface area contributed by atoms with Gasteiger partial charge in [0.2, 0.25) is 0 Å². The standard InChI is InChI=1S/C19H22N2O5S/c1-6-14-12(5)27-18(16(14)19(23)26-10(2)3)20-17(22)13-8-7-11(4)15(9-13)21(24)25/h7-10H,6H2,1-5H3,(H,20,22). The molecule has 0 aliphatic rings. The number of benzene rings is 1. The lowest BCUT2D eigenvalue weighted by Crippen LogP contribution is -2.17. The molecule has 0 aliphatic heterocycles. The number of thiophene rings is 1. The number of hydrogen-bond acceptors (Lipinski definition) is 6. The van der Waals surface area contributed by atoms with Crippen molar-refractivity contribution in [1.82, 2.24) is 0 Å². The number of esters is 1. The Morgan fingerprint density at radius 3 is 2.52 bits per heavy atom. The zero-order chi connectivity index (χ0) is 20.3. The summed E-state index contributed by atoms with van der Waals surface area (Å²) in [6.45, 7) is 8.92. The maximum Gasteiger partial charge on any atom is 0.341 e. The maximum atomic E-state index is 12.6. The number of rotatable bonds is 6. The lowest BCUT2D eigenvalue weighted by Gasteiger charge is -2.11. The third-order valence-corrected chi connectivity index (χ3v) is 5.07. The third-order valence-electron chi connectivity index (χ3n) is 4.00. The summed E-state index contributed by atoms with van der Waals surface area (Å²) >= 11 is 1.29. The van der Waals surface area contributed by atoms with Crippen LogP contribution in [0.2, 0.25) is 0 Å². The van der Waals surface area contributed by atoms with E-state index >= 15 is 0 Å². The first-order chi connectivity index (χ1) is 12.6. The van der Waals surface area contributed by atoms with E-state index in [0.717, 1.165) is 10.4 Å². The highest BCUT2D eigenvalue weighted by molar-refractivity contribution is 7.16. The van der Waals surface area contributed by atoms with Gasteiger partial charge in [-0.3, -0.25) is 14.9 Å². The van der Waals surface area contributed by atoms with Crippen molar-refractivity contribution in [2.45, 2.75) is 47.1 Å². The van der Waals surface area contributed by atoms with Crippen LogP contribution in [0.25, 0.3) is 0 Å². The molecule has 27 heavy (non-hydrogen) atoms. The molecule has 1 N–H and O–H groups in total. The summed E-state index contributed by atoms with van der Waals surface area (Å²) < 4.78 is 5.31. The predicted molar refractivity (Wildman–Crippen MR) is 105 cm³/mol. The molecule has 0 saturated heterocycles. The molecular weight excluding hydrogens is 368 g/mol. The van der Waals surface area contributed by atoms with E-state index in [0.29, 0.717) is 22.5 Å². The fraction of sp³-hybridized carbons (Fsp3) is 0.368. The molecule has 2 rings (SSSR count). The summed E-state index contributed by atoms with van der Waals surface area (Å²) in [4.78, 5) is 36.6. The lowest BCUT2D eigenvalue weighted by molar-refractivity contribution is -0.385. The van der Waals surface area contributed by atoms with Crippen LogP contribution in [0.1, 0.15) is 57.5 Å². The van der Waals surface area contributed by atoms with Gasteiger partial charge in [-0.1, -0.05) is 13.0 Å². The molecule has 0 bridgehead atoms. The number of nitrogens with one attached hydrogen (secondary N) is 1. The fourth-order valence-corrected chi connectivity index (χ4v) is 3.83. The second kappa shape index (κ2) is 8.30. The molecule has 0 spiro atoms. The molecule has 1 aromatic carbocycles. The molecule has 0 aliphatic carbocycles. The van der Waals surface area contributed by atoms with E-state index in [1.807, 2.05) is 13.8 Å². The minimum atomic E-state index is -0.526. The smallest absolute Gasteiger partial charge is 0.341 e. The largest absolute Gasteiger partial charge is 0.459 e. The summed E-state index contributed by atoms with van der Waals surface area (Å²) in [7, 11) is 0. The summed E-state index contributed by atoms with van der Waals surface area (Å²) in [5.74, 6) is -1.00. The second-order valence-electron chi connectivity index (χ2n) is 6.36. The van der Waals surface area contributed by atoms with Crippen molar-refractivity contribution < 1.29 is 19.2 Å². The molecule has 2 aromatic rings. The molecule has 0 saturated carbocycles. The molecule has 0 atom stereocenters. The quantitative estimate of drug-likeness (QED) is 0.440. The van der Waals surface area contributed by atoms with Gasteiger partial charge in [-0.2, -0.15) is 0 Å². The first-order valence-electron chi connectivity index (χ1n) is 8.55. The van der Waals surface area contributed by atoms with Crippen molar-refractivity contribution in [1.29, 1.82) is 0 Å². The number of hydrogen-bond donors (Lipinski definition) is 1. The van der Waals surface area contributed by atoms with Gasteiger partial charge in [0, 0.05) is 22.1 Å². The number of carbonyl (C=O) groups is 2. The molecule has 8 heteroatoms. The number of aryl methyl sites for hydroxylation is 2. The molecule has 1 heterocycles. The molecule has 144 valence electrons. The minimum absolute atomic E-state index is 0.126. The Morgan fingerprint density at radius 2 is 1.96 bits per heavy atom. The molecule has 7 nitrogen and oxygen atoms in total. The van der Waals surface area contributed by atoms with Crippen molar-refractivity contribution in [3.05, 3.63) is 55.4 Å². The van der Waals surface area contributed by atoms with E-state index in [9.17, 15) is 19.7 Å². The van der Waals surface area contributed by atoms with Crippen LogP contribution in [-0.4, -0.2) is 22.9 Å². The average molecular weight is 390 g/mol. The fourth-order valence-electron chi connectivity index (χ4n) is 2.70. The number of nitro groups is 1. The van der Waals surface area contributed by atoms with Gasteiger partial charge in [-0.15, -0.1) is 11.3 Å². The third kappa shape index (κ3) is 4.51. The first-order valence-corrected chi connectivity index (χ1v) is 9.36. The van der Waals surface area contributed by atoms with E-state index in [2.05, 4.69) is 5.32 Å². The number of amides is 1. The normalized spacial score (nSPS) is 10.7. The van der Waals surface area contributed by atoms with Gasteiger partial charge < -0.3 is 10.1 Å². The number of nitro benzene ring substituents is 1. The Balaban J connectivity index is 2.40. The lowest BCUT2D eigenvalue weighted by atomic mass is 10.1. The summed E-state index contributed by atoms with van der Waals surface area (Å²) in [6, 6.07) is 4.28. The van der Waals surface area contributed by atoms with Crippen LogP contribution in [0.5, 0.6) is 0 Å². The van der Waals surface area contributed by atoms with Crippen LogP contribution in [0.3, 0.4) is 0 Å².